The average Bonchev–Trinajstić information content (AvgIpc) is 2.59. The molecule has 0 rings (SSSR count). The van der Waals surface area contributed by atoms with Gasteiger partial charge in [-0.2, -0.15) is 0 Å². The minimum absolute atomic E-state index is 1.19. The van der Waals surface area contributed by atoms with Crippen molar-refractivity contribution in [2.75, 3.05) is 27.2 Å². The number of nitrogens with zero attached hydrogens (tertiary/aromatic N) is 1. The van der Waals surface area contributed by atoms with E-state index < -0.39 is 0 Å². The van der Waals surface area contributed by atoms with Crippen LogP contribution < -0.4 is 0 Å². The van der Waals surface area contributed by atoms with E-state index in [0.29, 0.717) is 0 Å². The first-order chi connectivity index (χ1) is 12.0. The Labute approximate surface area is 162 Å². The first kappa shape index (κ1) is 27.2. The van der Waals surface area contributed by atoms with Crippen LogP contribution in [0.4, 0.5) is 0 Å². The van der Waals surface area contributed by atoms with Crippen molar-refractivity contribution in [2.45, 2.75) is 130 Å². The lowest BCUT2D eigenvalue weighted by molar-refractivity contribution is -0.888. The van der Waals surface area contributed by atoms with Gasteiger partial charge < -0.3 is 4.48 Å². The highest BCUT2D eigenvalue weighted by Gasteiger charge is 2.09. The smallest absolute Gasteiger partial charge is 0.0782 e. The number of quaternary nitrogens is 1. The van der Waals surface area contributed by atoms with Gasteiger partial charge in [0.2, 0.25) is 0 Å². The summed E-state index contributed by atoms with van der Waals surface area (Å²) < 4.78 is 1.19. The highest BCUT2D eigenvalue weighted by molar-refractivity contribution is 4.49. The van der Waals surface area contributed by atoms with E-state index in [9.17, 15) is 0 Å². The lowest BCUT2D eigenvalue weighted by Gasteiger charge is -2.28. The summed E-state index contributed by atoms with van der Waals surface area (Å²) in [5.41, 5.74) is 0. The first-order valence-electron chi connectivity index (χ1n) is 11.9. The summed E-state index contributed by atoms with van der Waals surface area (Å²) in [5, 5.41) is 0. The van der Waals surface area contributed by atoms with Crippen LogP contribution in [-0.4, -0.2) is 31.7 Å². The summed E-state index contributed by atoms with van der Waals surface area (Å²) in [7, 11) is 4.70. The van der Waals surface area contributed by atoms with E-state index in [4.69, 9.17) is 0 Å². The first-order valence-corrected chi connectivity index (χ1v) is 11.9. The van der Waals surface area contributed by atoms with Crippen LogP contribution in [0.15, 0.2) is 0 Å². The molecule has 0 aromatic rings. The number of rotatable bonds is 17. The van der Waals surface area contributed by atoms with Crippen LogP contribution in [0.2, 0.25) is 0 Å². The van der Waals surface area contributed by atoms with Crippen molar-refractivity contribution < 1.29 is 4.48 Å². The molecule has 0 spiro atoms. The molecule has 0 heterocycles. The van der Waals surface area contributed by atoms with Crippen molar-refractivity contribution in [3.05, 3.63) is 0 Å². The Hall–Kier alpha value is -0.0400. The van der Waals surface area contributed by atoms with Crippen molar-refractivity contribution in [2.24, 2.45) is 0 Å². The second kappa shape index (κ2) is 22.0. The molecule has 0 unspecified atom stereocenters. The lowest BCUT2D eigenvalue weighted by Crippen LogP contribution is -2.39. The predicted molar refractivity (Wildman–Crippen MR) is 118 cm³/mol. The second-order valence-corrected chi connectivity index (χ2v) is 8.63. The average molecular weight is 357 g/mol. The fraction of sp³-hybridized carbons (Fsp3) is 1.00. The molecule has 0 N–H and O–H groups in total. The third kappa shape index (κ3) is 26.3. The van der Waals surface area contributed by atoms with Crippen molar-refractivity contribution in [1.82, 2.24) is 0 Å². The quantitative estimate of drug-likeness (QED) is 0.181. The molecule has 0 bridgehead atoms. The maximum Gasteiger partial charge on any atom is 0.0782 e. The van der Waals surface area contributed by atoms with Crippen LogP contribution in [0, 0.1) is 0 Å². The monoisotopic (exact) mass is 356 g/mol. The minimum atomic E-state index is 1.19. The summed E-state index contributed by atoms with van der Waals surface area (Å²) in [4.78, 5) is 0. The van der Waals surface area contributed by atoms with Crippen molar-refractivity contribution in [1.29, 1.82) is 0 Å². The Bertz CT molecular complexity index is 222. The molecular weight excluding hydrogens is 302 g/mol. The molecule has 0 saturated heterocycles. The van der Waals surface area contributed by atoms with E-state index in [1.807, 2.05) is 0 Å². The molecule has 0 aliphatic carbocycles. The van der Waals surface area contributed by atoms with E-state index in [2.05, 4.69) is 41.8 Å². The van der Waals surface area contributed by atoms with Gasteiger partial charge in [0.25, 0.3) is 0 Å². The molecule has 0 aromatic carbocycles. The van der Waals surface area contributed by atoms with Crippen LogP contribution in [-0.2, 0) is 0 Å². The van der Waals surface area contributed by atoms with E-state index in [-0.39, 0.29) is 0 Å². The standard InChI is InChI=1S/C21H46N.C3H8/c1-5-7-8-9-10-11-12-13-14-15-16-17-18-19-20-21-22(3,4)6-2;1-3-2/h5-21H2,1-4H3;3H2,1-2H3/q+1;. The Morgan fingerprint density at radius 2 is 0.720 bits per heavy atom. The maximum atomic E-state index is 2.35. The van der Waals surface area contributed by atoms with Gasteiger partial charge in [-0.3, -0.25) is 0 Å². The minimum Gasteiger partial charge on any atom is -0.329 e. The van der Waals surface area contributed by atoms with Crippen LogP contribution in [0.25, 0.3) is 0 Å². The van der Waals surface area contributed by atoms with E-state index >= 15 is 0 Å². The molecule has 0 aromatic heterocycles. The fourth-order valence-corrected chi connectivity index (χ4v) is 3.07. The number of unbranched alkanes of at least 4 members (excludes halogenated alkanes) is 14. The van der Waals surface area contributed by atoms with Crippen LogP contribution in [0.3, 0.4) is 0 Å². The van der Waals surface area contributed by atoms with Crippen molar-refractivity contribution >= 4 is 0 Å². The zero-order valence-electron chi connectivity index (χ0n) is 19.2. The second-order valence-electron chi connectivity index (χ2n) is 8.63. The Kier molecular flexibility index (Phi) is 23.9. The summed E-state index contributed by atoms with van der Waals surface area (Å²) in [5.74, 6) is 0. The molecule has 0 fully saturated rings. The normalized spacial score (nSPS) is 11.3. The molecular formula is C24H54N+. The van der Waals surface area contributed by atoms with Gasteiger partial charge in [-0.15, -0.1) is 0 Å². The van der Waals surface area contributed by atoms with Crippen molar-refractivity contribution in [3.63, 3.8) is 0 Å². The zero-order chi connectivity index (χ0) is 19.2. The largest absolute Gasteiger partial charge is 0.329 e. The molecule has 0 aliphatic rings. The topological polar surface area (TPSA) is 0 Å². The zero-order valence-corrected chi connectivity index (χ0v) is 19.2. The predicted octanol–water partition coefficient (Wildman–Crippen LogP) is 8.37. The SMILES string of the molecule is CCC.CCCCCCCCCCCCCCCCC[N+](C)(C)CC. The third-order valence-electron chi connectivity index (χ3n) is 5.22. The summed E-state index contributed by atoms with van der Waals surface area (Å²) in [6.07, 6.45) is 23.1. The summed E-state index contributed by atoms with van der Waals surface area (Å²) in [6.45, 7) is 11.5. The Balaban J connectivity index is 0. The molecule has 1 nitrogen and oxygen atoms in total. The molecule has 0 saturated carbocycles. The van der Waals surface area contributed by atoms with Gasteiger partial charge in [-0.25, -0.2) is 0 Å². The highest BCUT2D eigenvalue weighted by Crippen LogP contribution is 2.13. The van der Waals surface area contributed by atoms with Gasteiger partial charge in [0.05, 0.1) is 27.2 Å². The van der Waals surface area contributed by atoms with Crippen LogP contribution in [0.1, 0.15) is 130 Å². The number of hydrogen-bond acceptors (Lipinski definition) is 0. The Morgan fingerprint density at radius 3 is 1.00 bits per heavy atom. The van der Waals surface area contributed by atoms with Gasteiger partial charge in [0.15, 0.2) is 0 Å². The van der Waals surface area contributed by atoms with Crippen LogP contribution >= 0.6 is 0 Å². The molecule has 154 valence electrons. The van der Waals surface area contributed by atoms with Crippen molar-refractivity contribution in [3.8, 4) is 0 Å². The molecule has 0 radical (unpaired) electrons. The highest BCUT2D eigenvalue weighted by atomic mass is 15.3. The summed E-state index contributed by atoms with van der Waals surface area (Å²) >= 11 is 0. The molecule has 0 amide bonds. The number of hydrogen-bond donors (Lipinski definition) is 0. The summed E-state index contributed by atoms with van der Waals surface area (Å²) in [6, 6.07) is 0. The fourth-order valence-electron chi connectivity index (χ4n) is 3.07. The van der Waals surface area contributed by atoms with Gasteiger partial charge >= 0.3 is 0 Å². The van der Waals surface area contributed by atoms with Gasteiger partial charge in [-0.1, -0.05) is 111 Å². The molecule has 25 heavy (non-hydrogen) atoms. The molecule has 1 heteroatoms. The van der Waals surface area contributed by atoms with Crippen LogP contribution in [0.5, 0.6) is 0 Å². The molecule has 0 atom stereocenters. The van der Waals surface area contributed by atoms with E-state index in [1.54, 1.807) is 0 Å². The van der Waals surface area contributed by atoms with E-state index in [1.165, 1.54) is 120 Å². The Morgan fingerprint density at radius 1 is 0.440 bits per heavy atom. The van der Waals surface area contributed by atoms with Gasteiger partial charge in [0, 0.05) is 0 Å². The van der Waals surface area contributed by atoms with Gasteiger partial charge in [0.1, 0.15) is 0 Å². The molecule has 0 aliphatic heterocycles. The lowest BCUT2D eigenvalue weighted by atomic mass is 10.0. The van der Waals surface area contributed by atoms with E-state index in [0.717, 1.165) is 0 Å². The maximum absolute atomic E-state index is 2.35. The van der Waals surface area contributed by atoms with Gasteiger partial charge in [-0.05, 0) is 19.8 Å². The third-order valence-corrected chi connectivity index (χ3v) is 5.22.